The number of halogens is 2. The maximum absolute atomic E-state index is 13.5. The van der Waals surface area contributed by atoms with E-state index in [9.17, 15) is 18.4 Å². The number of nitrogens with one attached hydrogen (secondary N) is 4. The lowest BCUT2D eigenvalue weighted by atomic mass is 10.1. The topological polar surface area (TPSA) is 121 Å². The van der Waals surface area contributed by atoms with E-state index in [-0.39, 0.29) is 24.1 Å². The van der Waals surface area contributed by atoms with Crippen LogP contribution in [0.3, 0.4) is 0 Å². The molecule has 2 amide bonds. The van der Waals surface area contributed by atoms with Crippen molar-refractivity contribution in [3.05, 3.63) is 77.5 Å². The number of carbonyl (C=O) groups is 2. The third-order valence-electron chi connectivity index (χ3n) is 5.38. The zero-order valence-electron chi connectivity index (χ0n) is 18.2. The van der Waals surface area contributed by atoms with Gasteiger partial charge in [-0.1, -0.05) is 0 Å². The first kappa shape index (κ1) is 23.1. The van der Waals surface area contributed by atoms with Gasteiger partial charge in [0.25, 0.3) is 5.91 Å². The van der Waals surface area contributed by atoms with Crippen molar-refractivity contribution in [2.75, 3.05) is 22.5 Å². The van der Waals surface area contributed by atoms with Gasteiger partial charge in [0, 0.05) is 36.2 Å². The van der Waals surface area contributed by atoms with Crippen LogP contribution in [-0.4, -0.2) is 29.4 Å². The number of amides is 2. The molecular formula is C24H24F2N6O2. The lowest BCUT2D eigenvalue weighted by molar-refractivity contribution is -0.117. The van der Waals surface area contributed by atoms with Crippen LogP contribution >= 0.6 is 0 Å². The number of nitrogens with zero attached hydrogens (tertiary/aromatic N) is 1. The molecule has 1 aliphatic heterocycles. The molecule has 10 heteroatoms. The van der Waals surface area contributed by atoms with E-state index in [1.54, 1.807) is 30.3 Å². The summed E-state index contributed by atoms with van der Waals surface area (Å²) in [6.07, 6.45) is 3.13. The molecule has 1 atom stereocenters. The summed E-state index contributed by atoms with van der Waals surface area (Å²) in [5, 5.41) is 12.1. The summed E-state index contributed by atoms with van der Waals surface area (Å²) in [6, 6.07) is 11.7. The summed E-state index contributed by atoms with van der Waals surface area (Å²) in [6.45, 7) is 0.918. The van der Waals surface area contributed by atoms with Gasteiger partial charge in [0.1, 0.15) is 17.5 Å². The summed E-state index contributed by atoms with van der Waals surface area (Å²) in [4.78, 5) is 28.2. The third kappa shape index (κ3) is 5.84. The molecule has 4 rings (SSSR count). The predicted molar refractivity (Wildman–Crippen MR) is 126 cm³/mol. The van der Waals surface area contributed by atoms with E-state index in [4.69, 9.17) is 5.73 Å². The maximum Gasteiger partial charge on any atom is 0.252 e. The first-order valence-electron chi connectivity index (χ1n) is 10.8. The Balaban J connectivity index is 1.44. The summed E-state index contributed by atoms with van der Waals surface area (Å²) in [5.74, 6) is -1.71. The highest BCUT2D eigenvalue weighted by Crippen LogP contribution is 2.23. The number of nitrogens with two attached hydrogens (primary N) is 1. The van der Waals surface area contributed by atoms with Gasteiger partial charge in [0.05, 0.1) is 17.3 Å². The molecule has 1 fully saturated rings. The Morgan fingerprint density at radius 3 is 2.41 bits per heavy atom. The van der Waals surface area contributed by atoms with Crippen molar-refractivity contribution in [3.8, 4) is 0 Å². The summed E-state index contributed by atoms with van der Waals surface area (Å²) >= 11 is 0. The number of hydrogen-bond acceptors (Lipinski definition) is 6. The molecule has 34 heavy (non-hydrogen) atoms. The normalized spacial score (nSPS) is 15.1. The van der Waals surface area contributed by atoms with Crippen molar-refractivity contribution in [1.29, 1.82) is 0 Å². The van der Waals surface area contributed by atoms with Gasteiger partial charge in [0.15, 0.2) is 0 Å². The molecule has 0 saturated carbocycles. The fourth-order valence-corrected chi connectivity index (χ4v) is 3.70. The van der Waals surface area contributed by atoms with Crippen LogP contribution in [0, 0.1) is 11.6 Å². The SMILES string of the molecule is NC(=O)c1cnc(Nc2ccc(NC(=O)[C@H]3CCCN3)cc2)cc1NCc1cc(F)cc(F)c1. The molecule has 1 saturated heterocycles. The minimum absolute atomic E-state index is 0.0594. The van der Waals surface area contributed by atoms with Gasteiger partial charge >= 0.3 is 0 Å². The van der Waals surface area contributed by atoms with Crippen molar-refractivity contribution in [3.63, 3.8) is 0 Å². The number of primary amides is 1. The van der Waals surface area contributed by atoms with Gasteiger partial charge < -0.3 is 27.0 Å². The van der Waals surface area contributed by atoms with Gasteiger partial charge in [-0.15, -0.1) is 0 Å². The molecule has 6 N–H and O–H groups in total. The van der Waals surface area contributed by atoms with Crippen LogP contribution < -0.4 is 27.0 Å². The summed E-state index contributed by atoms with van der Waals surface area (Å²) in [7, 11) is 0. The quantitative estimate of drug-likeness (QED) is 0.347. The fourth-order valence-electron chi connectivity index (χ4n) is 3.70. The van der Waals surface area contributed by atoms with E-state index in [0.29, 0.717) is 28.4 Å². The summed E-state index contributed by atoms with van der Waals surface area (Å²) < 4.78 is 26.9. The highest BCUT2D eigenvalue weighted by molar-refractivity contribution is 5.98. The van der Waals surface area contributed by atoms with Crippen LogP contribution in [0.15, 0.2) is 54.7 Å². The Kier molecular flexibility index (Phi) is 6.98. The standard InChI is InChI=1S/C24H24F2N6O2/c25-15-8-14(9-16(26)10-15)12-29-21-11-22(30-13-19(21)23(27)33)31-17-3-5-18(6-4-17)32-24(34)20-2-1-7-28-20/h3-6,8-11,13,20,28H,1-2,7,12H2,(H2,27,33)(H,32,34)(H2,29,30,31)/t20-/m1/s1. The Hall–Kier alpha value is -4.05. The third-order valence-corrected chi connectivity index (χ3v) is 5.38. The Labute approximate surface area is 195 Å². The van der Waals surface area contributed by atoms with Gasteiger partial charge in [0.2, 0.25) is 5.91 Å². The van der Waals surface area contributed by atoms with E-state index < -0.39 is 17.5 Å². The van der Waals surface area contributed by atoms with Crippen molar-refractivity contribution in [1.82, 2.24) is 10.3 Å². The molecule has 176 valence electrons. The minimum Gasteiger partial charge on any atom is -0.380 e. The van der Waals surface area contributed by atoms with E-state index in [1.807, 2.05) is 0 Å². The van der Waals surface area contributed by atoms with Crippen LogP contribution in [-0.2, 0) is 11.3 Å². The molecule has 8 nitrogen and oxygen atoms in total. The fraction of sp³-hybridized carbons (Fsp3) is 0.208. The molecule has 0 unspecified atom stereocenters. The number of aromatic nitrogens is 1. The maximum atomic E-state index is 13.5. The zero-order valence-corrected chi connectivity index (χ0v) is 18.2. The van der Waals surface area contributed by atoms with Crippen LogP contribution in [0.5, 0.6) is 0 Å². The smallest absolute Gasteiger partial charge is 0.252 e. The average molecular weight is 466 g/mol. The number of benzene rings is 2. The number of hydrogen-bond donors (Lipinski definition) is 5. The molecule has 2 aromatic carbocycles. The van der Waals surface area contributed by atoms with Gasteiger partial charge in [-0.05, 0) is 61.3 Å². The van der Waals surface area contributed by atoms with E-state index in [1.165, 1.54) is 18.3 Å². The van der Waals surface area contributed by atoms with E-state index in [2.05, 4.69) is 26.3 Å². The number of anilines is 4. The molecule has 0 spiro atoms. The largest absolute Gasteiger partial charge is 0.380 e. The lowest BCUT2D eigenvalue weighted by Crippen LogP contribution is -2.35. The highest BCUT2D eigenvalue weighted by Gasteiger charge is 2.21. The molecule has 0 aliphatic carbocycles. The average Bonchev–Trinajstić information content (AvgIpc) is 3.34. The second kappa shape index (κ2) is 10.3. The van der Waals surface area contributed by atoms with Crippen molar-refractivity contribution < 1.29 is 18.4 Å². The van der Waals surface area contributed by atoms with Crippen LogP contribution in [0.4, 0.5) is 31.7 Å². The molecule has 2 heterocycles. The Morgan fingerprint density at radius 2 is 1.76 bits per heavy atom. The van der Waals surface area contributed by atoms with E-state index in [0.717, 1.165) is 25.5 Å². The first-order valence-corrected chi connectivity index (χ1v) is 10.8. The molecule has 0 radical (unpaired) electrons. The molecular weight excluding hydrogens is 442 g/mol. The minimum atomic E-state index is -0.692. The lowest BCUT2D eigenvalue weighted by Gasteiger charge is -2.14. The molecule has 1 aromatic heterocycles. The Bertz CT molecular complexity index is 1180. The first-order chi connectivity index (χ1) is 16.4. The van der Waals surface area contributed by atoms with Crippen molar-refractivity contribution >= 4 is 34.7 Å². The van der Waals surface area contributed by atoms with E-state index >= 15 is 0 Å². The molecule has 0 bridgehead atoms. The monoisotopic (exact) mass is 466 g/mol. The zero-order chi connectivity index (χ0) is 24.1. The number of pyridine rings is 1. The summed E-state index contributed by atoms with van der Waals surface area (Å²) in [5.41, 5.74) is 7.68. The number of carbonyl (C=O) groups excluding carboxylic acids is 2. The van der Waals surface area contributed by atoms with Gasteiger partial charge in [-0.2, -0.15) is 0 Å². The predicted octanol–water partition coefficient (Wildman–Crippen LogP) is 3.50. The second-order valence-electron chi connectivity index (χ2n) is 7.95. The molecule has 1 aliphatic rings. The second-order valence-corrected chi connectivity index (χ2v) is 7.95. The number of rotatable bonds is 8. The van der Waals surface area contributed by atoms with Crippen LogP contribution in [0.25, 0.3) is 0 Å². The van der Waals surface area contributed by atoms with Crippen LogP contribution in [0.2, 0.25) is 0 Å². The highest BCUT2D eigenvalue weighted by atomic mass is 19.1. The van der Waals surface area contributed by atoms with Crippen LogP contribution in [0.1, 0.15) is 28.8 Å². The van der Waals surface area contributed by atoms with Gasteiger partial charge in [-0.3, -0.25) is 9.59 Å². The molecule has 3 aromatic rings. The van der Waals surface area contributed by atoms with Crippen molar-refractivity contribution in [2.45, 2.75) is 25.4 Å². The van der Waals surface area contributed by atoms with Crippen molar-refractivity contribution in [2.24, 2.45) is 5.73 Å². The van der Waals surface area contributed by atoms with Gasteiger partial charge in [-0.25, -0.2) is 13.8 Å². The Morgan fingerprint density at radius 1 is 1.06 bits per heavy atom.